The van der Waals surface area contributed by atoms with E-state index in [2.05, 4.69) is 32.9 Å². The van der Waals surface area contributed by atoms with Gasteiger partial charge in [0.2, 0.25) is 0 Å². The fraction of sp³-hybridized carbons (Fsp3) is 0.464. The Balaban J connectivity index is 1.68. The fourth-order valence-corrected chi connectivity index (χ4v) is 5.83. The van der Waals surface area contributed by atoms with Crippen molar-refractivity contribution in [3.63, 3.8) is 0 Å². The Bertz CT molecular complexity index is 1490. The van der Waals surface area contributed by atoms with E-state index in [0.29, 0.717) is 23.2 Å². The van der Waals surface area contributed by atoms with E-state index in [1.165, 1.54) is 5.56 Å². The highest BCUT2D eigenvalue weighted by atomic mass is 16.5. The number of anilines is 1. The summed E-state index contributed by atoms with van der Waals surface area (Å²) in [5.41, 5.74) is 19.2. The van der Waals surface area contributed by atoms with Crippen molar-refractivity contribution in [3.05, 3.63) is 46.9 Å². The van der Waals surface area contributed by atoms with Gasteiger partial charge in [-0.1, -0.05) is 19.9 Å². The van der Waals surface area contributed by atoms with E-state index in [0.717, 1.165) is 83.9 Å². The molecule has 8 nitrogen and oxygen atoms in total. The Morgan fingerprint density at radius 2 is 1.97 bits per heavy atom. The molecule has 1 aromatic carbocycles. The van der Waals surface area contributed by atoms with Crippen molar-refractivity contribution >= 4 is 33.5 Å². The van der Waals surface area contributed by atoms with Gasteiger partial charge in [-0.3, -0.25) is 14.3 Å². The van der Waals surface area contributed by atoms with Gasteiger partial charge in [-0.2, -0.15) is 5.10 Å². The minimum atomic E-state index is -0.538. The third-order valence-corrected chi connectivity index (χ3v) is 7.60. The number of aryl methyl sites for hydroxylation is 1. The van der Waals surface area contributed by atoms with Gasteiger partial charge in [0.15, 0.2) is 6.23 Å². The molecule has 0 spiro atoms. The predicted molar refractivity (Wildman–Crippen MR) is 141 cm³/mol. The van der Waals surface area contributed by atoms with Crippen LogP contribution in [0.5, 0.6) is 0 Å². The lowest BCUT2D eigenvalue weighted by atomic mass is 9.96. The zero-order chi connectivity index (χ0) is 25.1. The number of amides is 1. The summed E-state index contributed by atoms with van der Waals surface area (Å²) in [6.45, 7) is 7.24. The summed E-state index contributed by atoms with van der Waals surface area (Å²) in [6.07, 6.45) is 9.90. The van der Waals surface area contributed by atoms with E-state index in [1.54, 1.807) is 6.20 Å². The molecule has 0 bridgehead atoms. The quantitative estimate of drug-likeness (QED) is 0.392. The van der Waals surface area contributed by atoms with Crippen LogP contribution in [0.2, 0.25) is 0 Å². The number of hydrogen-bond donors (Lipinski definition) is 2. The van der Waals surface area contributed by atoms with Crippen LogP contribution in [0, 0.1) is 12.8 Å². The molecule has 2 fully saturated rings. The third-order valence-electron chi connectivity index (χ3n) is 7.60. The number of hydrogen-bond acceptors (Lipinski definition) is 5. The summed E-state index contributed by atoms with van der Waals surface area (Å²) in [6, 6.07) is 4.20. The van der Waals surface area contributed by atoms with Crippen molar-refractivity contribution in [2.45, 2.75) is 71.4 Å². The second-order valence-electron chi connectivity index (χ2n) is 10.8. The molecule has 0 radical (unpaired) electrons. The first-order valence-corrected chi connectivity index (χ1v) is 13.1. The van der Waals surface area contributed by atoms with Crippen LogP contribution >= 0.6 is 0 Å². The summed E-state index contributed by atoms with van der Waals surface area (Å²) >= 11 is 0. The molecule has 1 saturated heterocycles. The van der Waals surface area contributed by atoms with Gasteiger partial charge in [-0.25, -0.2) is 4.68 Å². The summed E-state index contributed by atoms with van der Waals surface area (Å²) < 4.78 is 10.1. The van der Waals surface area contributed by atoms with Crippen LogP contribution < -0.4 is 11.5 Å². The van der Waals surface area contributed by atoms with Crippen molar-refractivity contribution < 1.29 is 9.53 Å². The second-order valence-corrected chi connectivity index (χ2v) is 10.8. The SMILES string of the molecule is Cc1ccc2c(cnn2C2CCCCO2)c1-n1c(N)c(C(N)=O)c2cnc(C3CC3)c(CC(C)C)c21. The average molecular weight is 487 g/mol. The van der Waals surface area contributed by atoms with E-state index >= 15 is 0 Å². The Kier molecular flexibility index (Phi) is 5.52. The number of aromatic nitrogens is 4. The number of nitrogen functional groups attached to an aromatic ring is 1. The summed E-state index contributed by atoms with van der Waals surface area (Å²) in [5, 5.41) is 6.46. The van der Waals surface area contributed by atoms with E-state index < -0.39 is 5.91 Å². The fourth-order valence-electron chi connectivity index (χ4n) is 5.83. The van der Waals surface area contributed by atoms with Crippen LogP contribution in [0.3, 0.4) is 0 Å². The maximum absolute atomic E-state index is 12.7. The highest BCUT2D eigenvalue weighted by Gasteiger charge is 2.32. The number of carbonyl (C=O) groups is 1. The zero-order valence-electron chi connectivity index (χ0n) is 21.3. The van der Waals surface area contributed by atoms with Crippen LogP contribution in [0.25, 0.3) is 27.5 Å². The number of nitrogens with two attached hydrogens (primary N) is 2. The molecule has 1 unspecified atom stereocenters. The standard InChI is InChI=1S/C28H34N6O2/c1-15(2)12-18-24(17-8-9-17)31-13-20-23(28(30)35)27(29)33(26(18)20)25-16(3)7-10-21-19(25)14-32-34(21)22-6-4-5-11-36-22/h7,10,13-15,17,22H,4-6,8-9,11-12,29H2,1-3H3,(H2,30,35). The van der Waals surface area contributed by atoms with Crippen molar-refractivity contribution in [3.8, 4) is 5.69 Å². The maximum Gasteiger partial charge on any atom is 0.253 e. The van der Waals surface area contributed by atoms with Gasteiger partial charge in [-0.05, 0) is 68.6 Å². The molecule has 2 aliphatic rings. The van der Waals surface area contributed by atoms with Gasteiger partial charge >= 0.3 is 0 Å². The Hall–Kier alpha value is -3.39. The van der Waals surface area contributed by atoms with E-state index in [1.807, 2.05) is 15.4 Å². The molecule has 4 aromatic rings. The van der Waals surface area contributed by atoms with Gasteiger partial charge in [0, 0.05) is 35.2 Å². The van der Waals surface area contributed by atoms with Crippen LogP contribution in [-0.2, 0) is 11.2 Å². The molecule has 1 aliphatic heterocycles. The highest BCUT2D eigenvalue weighted by molar-refractivity contribution is 6.13. The van der Waals surface area contributed by atoms with E-state index in [4.69, 9.17) is 26.3 Å². The molecule has 1 saturated carbocycles. The van der Waals surface area contributed by atoms with E-state index in [9.17, 15) is 4.79 Å². The number of rotatable bonds is 6. The molecule has 36 heavy (non-hydrogen) atoms. The molecule has 1 atom stereocenters. The van der Waals surface area contributed by atoms with E-state index in [-0.39, 0.29) is 6.23 Å². The zero-order valence-corrected chi connectivity index (χ0v) is 21.3. The van der Waals surface area contributed by atoms with Crippen molar-refractivity contribution in [2.75, 3.05) is 12.3 Å². The Morgan fingerprint density at radius 1 is 1.17 bits per heavy atom. The number of ether oxygens (including phenoxy) is 1. The van der Waals surface area contributed by atoms with Gasteiger partial charge in [0.1, 0.15) is 5.82 Å². The third kappa shape index (κ3) is 3.58. The van der Waals surface area contributed by atoms with Crippen LogP contribution in [-0.4, -0.2) is 31.8 Å². The Morgan fingerprint density at radius 3 is 2.64 bits per heavy atom. The lowest BCUT2D eigenvalue weighted by Crippen LogP contribution is -2.19. The Labute approximate surface area is 210 Å². The van der Waals surface area contributed by atoms with Crippen LogP contribution in [0.1, 0.15) is 85.3 Å². The molecule has 4 heterocycles. The molecular formula is C28H34N6O2. The lowest BCUT2D eigenvalue weighted by molar-refractivity contribution is -0.0366. The normalized spacial score (nSPS) is 18.5. The summed E-state index contributed by atoms with van der Waals surface area (Å²) in [5.74, 6) is 0.700. The average Bonchev–Trinajstić information content (AvgIpc) is 3.52. The second kappa shape index (κ2) is 8.62. The molecular weight excluding hydrogens is 452 g/mol. The number of nitrogens with zero attached hydrogens (tertiary/aromatic N) is 4. The first-order valence-electron chi connectivity index (χ1n) is 13.1. The predicted octanol–water partition coefficient (Wildman–Crippen LogP) is 5.14. The largest absolute Gasteiger partial charge is 0.384 e. The molecule has 188 valence electrons. The molecule has 3 aromatic heterocycles. The molecule has 8 heteroatoms. The highest BCUT2D eigenvalue weighted by Crippen LogP contribution is 2.45. The van der Waals surface area contributed by atoms with Gasteiger partial charge < -0.3 is 16.2 Å². The molecule has 4 N–H and O–H groups in total. The first kappa shape index (κ1) is 23.0. The van der Waals surface area contributed by atoms with Crippen molar-refractivity contribution in [2.24, 2.45) is 11.7 Å². The minimum absolute atomic E-state index is 0.0751. The smallest absolute Gasteiger partial charge is 0.253 e. The van der Waals surface area contributed by atoms with Crippen LogP contribution in [0.4, 0.5) is 5.82 Å². The number of primary amides is 1. The molecule has 1 aliphatic carbocycles. The summed E-state index contributed by atoms with van der Waals surface area (Å²) in [7, 11) is 0. The van der Waals surface area contributed by atoms with Crippen LogP contribution in [0.15, 0.2) is 24.5 Å². The molecule has 1 amide bonds. The summed E-state index contributed by atoms with van der Waals surface area (Å²) in [4.78, 5) is 17.5. The minimum Gasteiger partial charge on any atom is -0.384 e. The first-order chi connectivity index (χ1) is 17.4. The number of benzene rings is 1. The van der Waals surface area contributed by atoms with Gasteiger partial charge in [-0.15, -0.1) is 0 Å². The lowest BCUT2D eigenvalue weighted by Gasteiger charge is -2.23. The van der Waals surface area contributed by atoms with Gasteiger partial charge in [0.05, 0.1) is 28.5 Å². The van der Waals surface area contributed by atoms with Gasteiger partial charge in [0.25, 0.3) is 5.91 Å². The topological polar surface area (TPSA) is 114 Å². The number of pyridine rings is 1. The maximum atomic E-state index is 12.7. The van der Waals surface area contributed by atoms with Crippen molar-refractivity contribution in [1.29, 1.82) is 0 Å². The van der Waals surface area contributed by atoms with Crippen molar-refractivity contribution in [1.82, 2.24) is 19.3 Å². The monoisotopic (exact) mass is 486 g/mol. The number of fused-ring (bicyclic) bond motifs is 2. The molecule has 6 rings (SSSR count). The number of carbonyl (C=O) groups excluding carboxylic acids is 1.